The molecule has 0 atom stereocenters. The molecule has 0 aliphatic rings. The van der Waals surface area contributed by atoms with Crippen LogP contribution in [-0.2, 0) is 0 Å². The van der Waals surface area contributed by atoms with Gasteiger partial charge in [0.15, 0.2) is 0 Å². The Morgan fingerprint density at radius 2 is 2.15 bits per heavy atom. The van der Waals surface area contributed by atoms with Crippen molar-refractivity contribution in [3.8, 4) is 6.07 Å². The first-order valence-electron chi connectivity index (χ1n) is 3.58. The molecule has 0 saturated carbocycles. The molecule has 0 fully saturated rings. The third kappa shape index (κ3) is 2.18. The number of benzene rings is 1. The second-order valence-corrected chi connectivity index (χ2v) is 2.27. The van der Waals surface area contributed by atoms with Gasteiger partial charge in [-0.05, 0) is 12.1 Å². The summed E-state index contributed by atoms with van der Waals surface area (Å²) in [5.41, 5.74) is 8.48. The van der Waals surface area contributed by atoms with Crippen molar-refractivity contribution in [3.63, 3.8) is 0 Å². The Morgan fingerprint density at radius 3 is 2.77 bits per heavy atom. The maximum atomic E-state index is 8.69. The van der Waals surface area contributed by atoms with E-state index in [0.717, 1.165) is 0 Å². The lowest BCUT2D eigenvalue weighted by Gasteiger charge is -1.99. The van der Waals surface area contributed by atoms with Gasteiger partial charge in [-0.1, -0.05) is 12.1 Å². The fraction of sp³-hybridized carbons (Fsp3) is 0. The smallest absolute Gasteiger partial charge is 0.208 e. The Morgan fingerprint density at radius 1 is 1.46 bits per heavy atom. The van der Waals surface area contributed by atoms with E-state index >= 15 is 0 Å². The molecular formula is C8H9N5. The molecular weight excluding hydrogens is 166 g/mol. The number of hydrogen-bond acceptors (Lipinski definition) is 3. The predicted molar refractivity (Wildman–Crippen MR) is 49.8 cm³/mol. The molecule has 0 amide bonds. The number of rotatable bonds is 1. The standard InChI is InChI=1S/C8H9N5/c9-5-6-3-1-2-4-7(6)12-8(10)13-11/h1-4H,11H2,(H3,10,12,13). The van der Waals surface area contributed by atoms with Gasteiger partial charge in [-0.3, -0.25) is 5.43 Å². The van der Waals surface area contributed by atoms with Gasteiger partial charge in [0.2, 0.25) is 5.96 Å². The lowest BCUT2D eigenvalue weighted by atomic mass is 10.2. The van der Waals surface area contributed by atoms with Gasteiger partial charge < -0.3 is 5.73 Å². The van der Waals surface area contributed by atoms with Gasteiger partial charge in [-0.25, -0.2) is 10.8 Å². The Balaban J connectivity index is 3.09. The van der Waals surface area contributed by atoms with Crippen molar-refractivity contribution in [2.24, 2.45) is 16.6 Å². The number of nitrogens with zero attached hydrogens (tertiary/aromatic N) is 2. The number of hydrazine groups is 1. The van der Waals surface area contributed by atoms with Crippen LogP contribution in [0.4, 0.5) is 5.69 Å². The first-order chi connectivity index (χ1) is 6.27. The summed E-state index contributed by atoms with van der Waals surface area (Å²) in [4.78, 5) is 3.88. The number of nitrogens with two attached hydrogens (primary N) is 2. The second kappa shape index (κ2) is 4.09. The first kappa shape index (κ1) is 9.03. The number of nitrogens with one attached hydrogen (secondary N) is 1. The highest BCUT2D eigenvalue weighted by Crippen LogP contribution is 2.16. The first-order valence-corrected chi connectivity index (χ1v) is 3.58. The quantitative estimate of drug-likeness (QED) is 0.241. The van der Waals surface area contributed by atoms with Gasteiger partial charge in [0.25, 0.3) is 0 Å². The summed E-state index contributed by atoms with van der Waals surface area (Å²) in [5.74, 6) is 5.09. The topological polar surface area (TPSA) is 100 Å². The van der Waals surface area contributed by atoms with E-state index in [1.165, 1.54) is 0 Å². The molecule has 13 heavy (non-hydrogen) atoms. The molecule has 0 radical (unpaired) electrons. The fourth-order valence-electron chi connectivity index (χ4n) is 0.828. The molecule has 0 bridgehead atoms. The van der Waals surface area contributed by atoms with Gasteiger partial charge >= 0.3 is 0 Å². The van der Waals surface area contributed by atoms with Crippen LogP contribution in [-0.4, -0.2) is 5.96 Å². The summed E-state index contributed by atoms with van der Waals surface area (Å²) < 4.78 is 0. The summed E-state index contributed by atoms with van der Waals surface area (Å²) >= 11 is 0. The van der Waals surface area contributed by atoms with E-state index in [1.807, 2.05) is 6.07 Å². The van der Waals surface area contributed by atoms with Crippen molar-refractivity contribution in [1.82, 2.24) is 5.43 Å². The molecule has 0 saturated heterocycles. The molecule has 0 spiro atoms. The van der Waals surface area contributed by atoms with E-state index < -0.39 is 0 Å². The molecule has 0 heterocycles. The van der Waals surface area contributed by atoms with Crippen molar-refractivity contribution >= 4 is 11.6 Å². The van der Waals surface area contributed by atoms with E-state index in [9.17, 15) is 0 Å². The van der Waals surface area contributed by atoms with E-state index in [1.54, 1.807) is 24.3 Å². The van der Waals surface area contributed by atoms with Crippen LogP contribution >= 0.6 is 0 Å². The number of para-hydroxylation sites is 1. The lowest BCUT2D eigenvalue weighted by Crippen LogP contribution is -2.36. The number of hydrogen-bond donors (Lipinski definition) is 3. The van der Waals surface area contributed by atoms with Gasteiger partial charge in [-0.15, -0.1) is 0 Å². The van der Waals surface area contributed by atoms with Crippen LogP contribution in [0.5, 0.6) is 0 Å². The molecule has 5 nitrogen and oxygen atoms in total. The van der Waals surface area contributed by atoms with Crippen LogP contribution in [0.15, 0.2) is 29.3 Å². The molecule has 1 rings (SSSR count). The lowest BCUT2D eigenvalue weighted by molar-refractivity contribution is 1.01. The molecule has 5 heteroatoms. The van der Waals surface area contributed by atoms with Crippen molar-refractivity contribution < 1.29 is 0 Å². The minimum absolute atomic E-state index is 0.0719. The number of aliphatic imine (C=N–C) groups is 1. The van der Waals surface area contributed by atoms with Crippen molar-refractivity contribution in [2.75, 3.05) is 0 Å². The Bertz CT molecular complexity index is 363. The number of guanidine groups is 1. The summed E-state index contributed by atoms with van der Waals surface area (Å²) in [6, 6.07) is 8.85. The maximum absolute atomic E-state index is 8.69. The van der Waals surface area contributed by atoms with Crippen LogP contribution < -0.4 is 17.0 Å². The van der Waals surface area contributed by atoms with E-state index in [0.29, 0.717) is 11.3 Å². The summed E-state index contributed by atoms with van der Waals surface area (Å²) in [7, 11) is 0. The molecule has 1 aromatic rings. The van der Waals surface area contributed by atoms with E-state index in [4.69, 9.17) is 16.8 Å². The SMILES string of the molecule is N#Cc1ccccc1N=C(N)NN. The van der Waals surface area contributed by atoms with E-state index in [2.05, 4.69) is 10.4 Å². The van der Waals surface area contributed by atoms with Crippen molar-refractivity contribution in [2.45, 2.75) is 0 Å². The summed E-state index contributed by atoms with van der Waals surface area (Å²) in [6.45, 7) is 0. The molecule has 0 aliphatic heterocycles. The van der Waals surface area contributed by atoms with Crippen LogP contribution in [0.25, 0.3) is 0 Å². The summed E-state index contributed by atoms with van der Waals surface area (Å²) in [6.07, 6.45) is 0. The monoisotopic (exact) mass is 175 g/mol. The maximum Gasteiger partial charge on any atom is 0.208 e. The highest BCUT2D eigenvalue weighted by molar-refractivity contribution is 5.81. The van der Waals surface area contributed by atoms with Crippen LogP contribution in [0, 0.1) is 11.3 Å². The molecule has 0 aliphatic carbocycles. The van der Waals surface area contributed by atoms with Crippen LogP contribution in [0.3, 0.4) is 0 Å². The van der Waals surface area contributed by atoms with Gasteiger partial charge in [-0.2, -0.15) is 5.26 Å². The average Bonchev–Trinajstić information content (AvgIpc) is 2.18. The minimum atomic E-state index is 0.0719. The third-order valence-corrected chi connectivity index (χ3v) is 1.41. The largest absolute Gasteiger partial charge is 0.369 e. The second-order valence-electron chi connectivity index (χ2n) is 2.27. The molecule has 0 unspecified atom stereocenters. The van der Waals surface area contributed by atoms with Gasteiger partial charge in [0.1, 0.15) is 6.07 Å². The van der Waals surface area contributed by atoms with Crippen molar-refractivity contribution in [1.29, 1.82) is 5.26 Å². The normalized spacial score (nSPS) is 10.6. The summed E-state index contributed by atoms with van der Waals surface area (Å²) in [5, 5.41) is 8.69. The minimum Gasteiger partial charge on any atom is -0.369 e. The third-order valence-electron chi connectivity index (χ3n) is 1.41. The predicted octanol–water partition coefficient (Wildman–Crippen LogP) is -0.0322. The highest BCUT2D eigenvalue weighted by Gasteiger charge is 1.98. The zero-order valence-corrected chi connectivity index (χ0v) is 6.86. The Kier molecular flexibility index (Phi) is 2.84. The van der Waals surface area contributed by atoms with Crippen LogP contribution in [0.2, 0.25) is 0 Å². The van der Waals surface area contributed by atoms with Gasteiger partial charge in [0.05, 0.1) is 11.3 Å². The fourth-order valence-corrected chi connectivity index (χ4v) is 0.828. The van der Waals surface area contributed by atoms with Gasteiger partial charge in [0, 0.05) is 0 Å². The van der Waals surface area contributed by atoms with E-state index in [-0.39, 0.29) is 5.96 Å². The van der Waals surface area contributed by atoms with Crippen molar-refractivity contribution in [3.05, 3.63) is 29.8 Å². The average molecular weight is 175 g/mol. The molecule has 66 valence electrons. The molecule has 0 aromatic heterocycles. The Hall–Kier alpha value is -2.06. The molecule has 5 N–H and O–H groups in total. The van der Waals surface area contributed by atoms with Crippen LogP contribution in [0.1, 0.15) is 5.56 Å². The zero-order valence-electron chi connectivity index (χ0n) is 6.86. The number of nitriles is 1. The molecule has 1 aromatic carbocycles. The zero-order chi connectivity index (χ0) is 9.68. The Labute approximate surface area is 75.6 Å². The highest BCUT2D eigenvalue weighted by atomic mass is 15.3.